The Morgan fingerprint density at radius 3 is 2.53 bits per heavy atom. The van der Waals surface area contributed by atoms with Gasteiger partial charge in [0.15, 0.2) is 11.6 Å². The van der Waals surface area contributed by atoms with Crippen molar-refractivity contribution in [1.82, 2.24) is 0 Å². The van der Waals surface area contributed by atoms with Crippen LogP contribution < -0.4 is 11.1 Å². The van der Waals surface area contributed by atoms with Gasteiger partial charge in [0.05, 0.1) is 16.9 Å². The molecule has 0 spiro atoms. The van der Waals surface area contributed by atoms with E-state index in [1.165, 1.54) is 18.2 Å². The predicted octanol–water partition coefficient (Wildman–Crippen LogP) is 2.99. The monoisotopic (exact) mass is 264 g/mol. The molecule has 0 fully saturated rings. The normalized spacial score (nSPS) is 10.2. The van der Waals surface area contributed by atoms with Gasteiger partial charge in [-0.2, -0.15) is 0 Å². The van der Waals surface area contributed by atoms with Gasteiger partial charge in [-0.25, -0.2) is 13.6 Å². The van der Waals surface area contributed by atoms with Gasteiger partial charge in [0.25, 0.3) is 0 Å². The van der Waals surface area contributed by atoms with Crippen molar-refractivity contribution in [2.24, 2.45) is 0 Å². The third-order valence-corrected chi connectivity index (χ3v) is 2.54. The van der Waals surface area contributed by atoms with Gasteiger partial charge in [-0.1, -0.05) is 6.07 Å². The summed E-state index contributed by atoms with van der Waals surface area (Å²) < 4.78 is 25.8. The summed E-state index contributed by atoms with van der Waals surface area (Å²) >= 11 is 0. The van der Waals surface area contributed by atoms with E-state index in [4.69, 9.17) is 10.8 Å². The van der Waals surface area contributed by atoms with Crippen LogP contribution in [0, 0.1) is 11.6 Å². The number of hydrogen-bond donors (Lipinski definition) is 3. The molecule has 2 aromatic rings. The topological polar surface area (TPSA) is 75.3 Å². The number of carbonyl (C=O) groups is 1. The van der Waals surface area contributed by atoms with Crippen LogP contribution in [0.4, 0.5) is 25.8 Å². The quantitative estimate of drug-likeness (QED) is 0.745. The Hall–Kier alpha value is -2.63. The van der Waals surface area contributed by atoms with Gasteiger partial charge >= 0.3 is 5.97 Å². The zero-order chi connectivity index (χ0) is 14.0. The standard InChI is InChI=1S/C13H10F2N2O2/c14-9-5-4-7(6-10(9)15)17-11-3-1-2-8(12(11)16)13(18)19/h1-6,17H,16H2,(H,18,19). The minimum atomic E-state index is -1.16. The molecular formula is C13H10F2N2O2. The minimum absolute atomic E-state index is 0.0275. The first-order valence-electron chi connectivity index (χ1n) is 5.33. The Bertz CT molecular complexity index is 645. The smallest absolute Gasteiger partial charge is 0.337 e. The van der Waals surface area contributed by atoms with Crippen molar-refractivity contribution in [3.8, 4) is 0 Å². The number of benzene rings is 2. The van der Waals surface area contributed by atoms with Gasteiger partial charge in [-0.15, -0.1) is 0 Å². The van der Waals surface area contributed by atoms with Crippen molar-refractivity contribution >= 4 is 23.0 Å². The van der Waals surface area contributed by atoms with Crippen LogP contribution in [0.15, 0.2) is 36.4 Å². The van der Waals surface area contributed by atoms with E-state index in [2.05, 4.69) is 5.32 Å². The lowest BCUT2D eigenvalue weighted by Gasteiger charge is -2.11. The molecule has 0 aromatic heterocycles. The summed E-state index contributed by atoms with van der Waals surface area (Å²) in [6, 6.07) is 7.65. The van der Waals surface area contributed by atoms with Crippen molar-refractivity contribution in [3.05, 3.63) is 53.6 Å². The van der Waals surface area contributed by atoms with Crippen molar-refractivity contribution in [1.29, 1.82) is 0 Å². The maximum atomic E-state index is 13.0. The maximum absolute atomic E-state index is 13.0. The van der Waals surface area contributed by atoms with E-state index in [9.17, 15) is 13.6 Å². The Kier molecular flexibility index (Phi) is 3.33. The molecule has 0 heterocycles. The van der Waals surface area contributed by atoms with E-state index < -0.39 is 17.6 Å². The number of rotatable bonds is 3. The number of hydrogen-bond acceptors (Lipinski definition) is 3. The zero-order valence-electron chi connectivity index (χ0n) is 9.65. The van der Waals surface area contributed by atoms with Crippen molar-refractivity contribution < 1.29 is 18.7 Å². The summed E-state index contributed by atoms with van der Waals surface area (Å²) in [6.45, 7) is 0. The van der Waals surface area contributed by atoms with Gasteiger partial charge in [-0.05, 0) is 24.3 Å². The maximum Gasteiger partial charge on any atom is 0.337 e. The number of aromatic carboxylic acids is 1. The van der Waals surface area contributed by atoms with Gasteiger partial charge in [0.2, 0.25) is 0 Å². The van der Waals surface area contributed by atoms with Crippen LogP contribution in [0.25, 0.3) is 0 Å². The molecule has 0 aliphatic heterocycles. The highest BCUT2D eigenvalue weighted by atomic mass is 19.2. The van der Waals surface area contributed by atoms with Crippen molar-refractivity contribution in [2.45, 2.75) is 0 Å². The highest BCUT2D eigenvalue weighted by Crippen LogP contribution is 2.26. The largest absolute Gasteiger partial charge is 0.478 e. The molecule has 19 heavy (non-hydrogen) atoms. The zero-order valence-corrected chi connectivity index (χ0v) is 9.65. The van der Waals surface area contributed by atoms with E-state index in [0.29, 0.717) is 5.69 Å². The van der Waals surface area contributed by atoms with Gasteiger partial charge < -0.3 is 16.2 Å². The molecule has 0 saturated heterocycles. The van der Waals surface area contributed by atoms with Gasteiger partial charge in [0, 0.05) is 11.8 Å². The number of halogens is 2. The lowest BCUT2D eigenvalue weighted by molar-refractivity contribution is 0.0698. The molecule has 4 nitrogen and oxygen atoms in total. The second-order valence-electron chi connectivity index (χ2n) is 3.83. The summed E-state index contributed by atoms with van der Waals surface area (Å²) in [7, 11) is 0. The van der Waals surface area contributed by atoms with Crippen LogP contribution in [0.3, 0.4) is 0 Å². The number of para-hydroxylation sites is 1. The summed E-state index contributed by atoms with van der Waals surface area (Å²) in [4.78, 5) is 10.9. The second kappa shape index (κ2) is 4.93. The lowest BCUT2D eigenvalue weighted by Crippen LogP contribution is -2.05. The second-order valence-corrected chi connectivity index (χ2v) is 3.83. The van der Waals surface area contributed by atoms with Crippen LogP contribution in [0.1, 0.15) is 10.4 Å². The van der Waals surface area contributed by atoms with E-state index >= 15 is 0 Å². The molecule has 0 saturated carbocycles. The highest BCUT2D eigenvalue weighted by Gasteiger charge is 2.11. The molecule has 0 aliphatic carbocycles. The minimum Gasteiger partial charge on any atom is -0.478 e. The first-order chi connectivity index (χ1) is 8.99. The molecule has 0 aliphatic rings. The summed E-state index contributed by atoms with van der Waals surface area (Å²) in [5, 5.41) is 11.7. The fraction of sp³-hybridized carbons (Fsp3) is 0. The lowest BCUT2D eigenvalue weighted by atomic mass is 10.1. The van der Waals surface area contributed by atoms with Crippen LogP contribution >= 0.6 is 0 Å². The molecule has 0 radical (unpaired) electrons. The van der Waals surface area contributed by atoms with E-state index in [-0.39, 0.29) is 16.9 Å². The molecule has 4 N–H and O–H groups in total. The van der Waals surface area contributed by atoms with Crippen LogP contribution in [-0.2, 0) is 0 Å². The fourth-order valence-corrected chi connectivity index (χ4v) is 1.59. The Labute approximate surface area is 107 Å². The molecule has 98 valence electrons. The first-order valence-corrected chi connectivity index (χ1v) is 5.33. The molecule has 0 bridgehead atoms. The number of carboxylic acid groups (broad SMARTS) is 1. The number of carboxylic acids is 1. The molecule has 0 atom stereocenters. The Balaban J connectivity index is 2.35. The molecule has 0 amide bonds. The van der Waals surface area contributed by atoms with Crippen LogP contribution in [-0.4, -0.2) is 11.1 Å². The number of anilines is 3. The average molecular weight is 264 g/mol. The SMILES string of the molecule is Nc1c(Nc2ccc(F)c(F)c2)cccc1C(=O)O. The van der Waals surface area contributed by atoms with Gasteiger partial charge in [0.1, 0.15) is 0 Å². The number of nitrogens with two attached hydrogens (primary N) is 1. The van der Waals surface area contributed by atoms with E-state index in [0.717, 1.165) is 12.1 Å². The van der Waals surface area contributed by atoms with Crippen molar-refractivity contribution in [3.63, 3.8) is 0 Å². The first kappa shape index (κ1) is 12.8. The summed E-state index contributed by atoms with van der Waals surface area (Å²) in [5.74, 6) is -3.12. The fourth-order valence-electron chi connectivity index (χ4n) is 1.59. The molecule has 0 unspecified atom stereocenters. The summed E-state index contributed by atoms with van der Waals surface area (Å²) in [6.07, 6.45) is 0. The average Bonchev–Trinajstić information content (AvgIpc) is 2.36. The predicted molar refractivity (Wildman–Crippen MR) is 67.5 cm³/mol. The van der Waals surface area contributed by atoms with E-state index in [1.807, 2.05) is 0 Å². The Morgan fingerprint density at radius 1 is 1.16 bits per heavy atom. The van der Waals surface area contributed by atoms with Crippen LogP contribution in [0.2, 0.25) is 0 Å². The summed E-state index contributed by atoms with van der Waals surface area (Å²) in [5.41, 5.74) is 6.24. The number of nitrogens with one attached hydrogen (secondary N) is 1. The molecule has 2 rings (SSSR count). The third-order valence-electron chi connectivity index (χ3n) is 2.54. The number of nitrogen functional groups attached to an aromatic ring is 1. The third kappa shape index (κ3) is 2.62. The Morgan fingerprint density at radius 2 is 1.89 bits per heavy atom. The van der Waals surface area contributed by atoms with Crippen molar-refractivity contribution in [2.75, 3.05) is 11.1 Å². The van der Waals surface area contributed by atoms with E-state index in [1.54, 1.807) is 6.07 Å². The molecule has 2 aromatic carbocycles. The molecular weight excluding hydrogens is 254 g/mol. The van der Waals surface area contributed by atoms with Crippen LogP contribution in [0.5, 0.6) is 0 Å². The highest BCUT2D eigenvalue weighted by molar-refractivity contribution is 5.97. The van der Waals surface area contributed by atoms with Gasteiger partial charge in [-0.3, -0.25) is 0 Å². The molecule has 6 heteroatoms.